The van der Waals surface area contributed by atoms with Gasteiger partial charge in [0.15, 0.2) is 0 Å². The van der Waals surface area contributed by atoms with Crippen LogP contribution in [0.4, 0.5) is 0 Å². The van der Waals surface area contributed by atoms with E-state index < -0.39 is 0 Å². The average Bonchev–Trinajstić information content (AvgIpc) is 3.04. The third-order valence-corrected chi connectivity index (χ3v) is 5.11. The molecule has 124 valence electrons. The Morgan fingerprint density at radius 2 is 1.67 bits per heavy atom. The van der Waals surface area contributed by atoms with Crippen molar-refractivity contribution in [3.63, 3.8) is 0 Å². The van der Waals surface area contributed by atoms with Gasteiger partial charge in [0.25, 0.3) is 0 Å². The van der Waals surface area contributed by atoms with Crippen LogP contribution < -0.4 is 4.74 Å². The Balaban J connectivity index is 1.67. The van der Waals surface area contributed by atoms with Crippen LogP contribution in [0.15, 0.2) is 42.5 Å². The summed E-state index contributed by atoms with van der Waals surface area (Å²) in [7, 11) is 1.71. The third kappa shape index (κ3) is 3.82. The lowest BCUT2D eigenvalue weighted by Crippen LogP contribution is -1.92. The van der Waals surface area contributed by atoms with Crippen molar-refractivity contribution < 1.29 is 4.74 Å². The fraction of sp³-hybridized carbons (Fsp3) is 0.300. The highest BCUT2D eigenvalue weighted by Crippen LogP contribution is 2.31. The monoisotopic (exact) mass is 338 g/mol. The molecule has 0 N–H and O–H groups in total. The number of ether oxygens (including phenoxy) is 1. The number of aryl methyl sites for hydroxylation is 4. The van der Waals surface area contributed by atoms with Gasteiger partial charge in [-0.2, -0.15) is 0 Å². The summed E-state index contributed by atoms with van der Waals surface area (Å²) in [5.74, 6) is 0.950. The fourth-order valence-corrected chi connectivity index (χ4v) is 3.82. The molecule has 1 aromatic heterocycles. The predicted octanol–water partition coefficient (Wildman–Crippen LogP) is 5.01. The van der Waals surface area contributed by atoms with Crippen LogP contribution in [0.3, 0.4) is 0 Å². The van der Waals surface area contributed by atoms with Crippen molar-refractivity contribution in [3.05, 3.63) is 64.2 Å². The van der Waals surface area contributed by atoms with Crippen LogP contribution in [0, 0.1) is 13.8 Å². The number of aromatic nitrogens is 2. The molecule has 0 aliphatic carbocycles. The molecule has 0 unspecified atom stereocenters. The highest BCUT2D eigenvalue weighted by molar-refractivity contribution is 7.14. The van der Waals surface area contributed by atoms with E-state index in [1.165, 1.54) is 5.56 Å². The van der Waals surface area contributed by atoms with Crippen LogP contribution in [0.25, 0.3) is 10.6 Å². The number of hydrogen-bond donors (Lipinski definition) is 0. The molecule has 0 bridgehead atoms. The summed E-state index contributed by atoms with van der Waals surface area (Å²) in [6.45, 7) is 4.13. The van der Waals surface area contributed by atoms with Crippen LogP contribution in [-0.4, -0.2) is 17.3 Å². The van der Waals surface area contributed by atoms with E-state index in [1.807, 2.05) is 0 Å². The van der Waals surface area contributed by atoms with Gasteiger partial charge in [0.2, 0.25) is 0 Å². The molecule has 3 rings (SSSR count). The molecule has 0 spiro atoms. The van der Waals surface area contributed by atoms with Gasteiger partial charge in [-0.1, -0.05) is 41.7 Å². The van der Waals surface area contributed by atoms with Crippen LogP contribution in [-0.2, 0) is 12.8 Å². The summed E-state index contributed by atoms with van der Waals surface area (Å²) in [6, 6.07) is 14.8. The van der Waals surface area contributed by atoms with Crippen LogP contribution in [0.5, 0.6) is 5.75 Å². The summed E-state index contributed by atoms with van der Waals surface area (Å²) >= 11 is 1.69. The number of nitrogens with zero attached hydrogens (tertiary/aromatic N) is 2. The van der Waals surface area contributed by atoms with Crippen LogP contribution in [0.2, 0.25) is 0 Å². The van der Waals surface area contributed by atoms with E-state index in [-0.39, 0.29) is 0 Å². The molecular weight excluding hydrogens is 316 g/mol. The summed E-state index contributed by atoms with van der Waals surface area (Å²) in [5, 5.41) is 10.8. The molecule has 0 amide bonds. The number of methoxy groups -OCH3 is 1. The van der Waals surface area contributed by atoms with Crippen molar-refractivity contribution in [1.29, 1.82) is 0 Å². The van der Waals surface area contributed by atoms with E-state index in [9.17, 15) is 0 Å². The molecule has 3 nitrogen and oxygen atoms in total. The minimum atomic E-state index is 0.950. The molecule has 0 radical (unpaired) electrons. The largest absolute Gasteiger partial charge is 0.496 e. The standard InChI is InChI=1S/C20H22N2OS/c1-14-12-17(13-15(2)19(14)23-3)20-22-21-18(24-20)11-7-10-16-8-5-4-6-9-16/h4-6,8-9,12-13H,7,10-11H2,1-3H3. The molecule has 0 saturated heterocycles. The molecule has 0 fully saturated rings. The maximum atomic E-state index is 5.43. The lowest BCUT2D eigenvalue weighted by Gasteiger charge is -2.09. The third-order valence-electron chi connectivity index (χ3n) is 4.08. The van der Waals surface area contributed by atoms with E-state index in [1.54, 1.807) is 18.4 Å². The van der Waals surface area contributed by atoms with Gasteiger partial charge in [0.1, 0.15) is 15.8 Å². The maximum Gasteiger partial charge on any atom is 0.147 e. The van der Waals surface area contributed by atoms with Gasteiger partial charge in [-0.25, -0.2) is 0 Å². The fourth-order valence-electron chi connectivity index (χ4n) is 2.96. The first-order valence-corrected chi connectivity index (χ1v) is 9.01. The SMILES string of the molecule is COc1c(C)cc(-c2nnc(CCCc3ccccc3)s2)cc1C. The molecule has 0 aliphatic rings. The Labute approximate surface area is 147 Å². The number of rotatable bonds is 6. The second-order valence-electron chi connectivity index (χ2n) is 5.98. The first-order valence-electron chi connectivity index (χ1n) is 8.19. The van der Waals surface area contributed by atoms with Gasteiger partial charge >= 0.3 is 0 Å². The van der Waals surface area contributed by atoms with Crippen LogP contribution in [0.1, 0.15) is 28.1 Å². The Morgan fingerprint density at radius 1 is 0.958 bits per heavy atom. The second-order valence-corrected chi connectivity index (χ2v) is 7.05. The molecular formula is C20H22N2OS. The van der Waals surface area contributed by atoms with Crippen molar-refractivity contribution in [2.45, 2.75) is 33.1 Å². The summed E-state index contributed by atoms with van der Waals surface area (Å²) in [6.07, 6.45) is 3.15. The van der Waals surface area contributed by atoms with E-state index in [2.05, 4.69) is 66.5 Å². The lowest BCUT2D eigenvalue weighted by atomic mass is 10.1. The first-order chi connectivity index (χ1) is 11.7. The topological polar surface area (TPSA) is 35.0 Å². The molecule has 2 aromatic carbocycles. The summed E-state index contributed by atoms with van der Waals surface area (Å²) in [4.78, 5) is 0. The normalized spacial score (nSPS) is 10.8. The van der Waals surface area contributed by atoms with Gasteiger partial charge in [-0.3, -0.25) is 0 Å². The number of hydrogen-bond acceptors (Lipinski definition) is 4. The zero-order chi connectivity index (χ0) is 16.9. The van der Waals surface area contributed by atoms with E-state index in [4.69, 9.17) is 4.74 Å². The molecule has 3 aromatic rings. The minimum absolute atomic E-state index is 0.950. The molecule has 0 saturated carbocycles. The zero-order valence-electron chi connectivity index (χ0n) is 14.4. The Morgan fingerprint density at radius 3 is 2.33 bits per heavy atom. The van der Waals surface area contributed by atoms with Gasteiger partial charge in [-0.05, 0) is 55.5 Å². The molecule has 4 heteroatoms. The molecule has 0 atom stereocenters. The van der Waals surface area contributed by atoms with Gasteiger partial charge in [0, 0.05) is 12.0 Å². The van der Waals surface area contributed by atoms with Crippen molar-refractivity contribution in [1.82, 2.24) is 10.2 Å². The predicted molar refractivity (Wildman–Crippen MR) is 99.8 cm³/mol. The molecule has 24 heavy (non-hydrogen) atoms. The summed E-state index contributed by atoms with van der Waals surface area (Å²) in [5.41, 5.74) is 4.77. The van der Waals surface area contributed by atoms with Crippen molar-refractivity contribution in [3.8, 4) is 16.3 Å². The maximum absolute atomic E-state index is 5.43. The highest BCUT2D eigenvalue weighted by atomic mass is 32.1. The minimum Gasteiger partial charge on any atom is -0.496 e. The van der Waals surface area contributed by atoms with Crippen molar-refractivity contribution in [2.75, 3.05) is 7.11 Å². The Bertz CT molecular complexity index is 789. The van der Waals surface area contributed by atoms with Crippen molar-refractivity contribution in [2.24, 2.45) is 0 Å². The Hall–Kier alpha value is -2.20. The van der Waals surface area contributed by atoms with E-state index >= 15 is 0 Å². The smallest absolute Gasteiger partial charge is 0.147 e. The van der Waals surface area contributed by atoms with Crippen LogP contribution >= 0.6 is 11.3 Å². The lowest BCUT2D eigenvalue weighted by molar-refractivity contribution is 0.408. The highest BCUT2D eigenvalue weighted by Gasteiger charge is 2.11. The first kappa shape index (κ1) is 16.7. The number of benzene rings is 2. The molecule has 0 aliphatic heterocycles. The van der Waals surface area contributed by atoms with E-state index in [0.29, 0.717) is 0 Å². The van der Waals surface area contributed by atoms with E-state index in [0.717, 1.165) is 51.7 Å². The van der Waals surface area contributed by atoms with Gasteiger partial charge in [-0.15, -0.1) is 10.2 Å². The Kier molecular flexibility index (Phi) is 5.26. The zero-order valence-corrected chi connectivity index (χ0v) is 15.2. The quantitative estimate of drug-likeness (QED) is 0.634. The molecule has 1 heterocycles. The van der Waals surface area contributed by atoms with Gasteiger partial charge < -0.3 is 4.74 Å². The second kappa shape index (κ2) is 7.58. The van der Waals surface area contributed by atoms with Crippen molar-refractivity contribution >= 4 is 11.3 Å². The van der Waals surface area contributed by atoms with Gasteiger partial charge in [0.05, 0.1) is 7.11 Å². The average molecular weight is 338 g/mol. The summed E-state index contributed by atoms with van der Waals surface area (Å²) < 4.78 is 5.43.